The molecule has 0 spiro atoms. The number of aromatic nitrogens is 2. The van der Waals surface area contributed by atoms with E-state index in [9.17, 15) is 4.79 Å². The number of hydrogen-bond acceptors (Lipinski definition) is 6. The van der Waals surface area contributed by atoms with Crippen LogP contribution in [-0.2, 0) is 16.0 Å². The molecule has 1 aliphatic heterocycles. The molecule has 2 aromatic rings. The van der Waals surface area contributed by atoms with Gasteiger partial charge in [0.1, 0.15) is 5.75 Å². The van der Waals surface area contributed by atoms with Crippen molar-refractivity contribution in [2.24, 2.45) is 5.73 Å². The van der Waals surface area contributed by atoms with Gasteiger partial charge in [0.05, 0.1) is 43.6 Å². The molecule has 0 amide bonds. The zero-order valence-corrected chi connectivity index (χ0v) is 12.4. The number of aryl methyl sites for hydroxylation is 1. The van der Waals surface area contributed by atoms with E-state index in [1.807, 2.05) is 18.2 Å². The maximum Gasteiger partial charge on any atom is 0.269 e. The maximum absolute atomic E-state index is 12.1. The third kappa shape index (κ3) is 3.11. The highest BCUT2D eigenvalue weighted by Gasteiger charge is 2.19. The van der Waals surface area contributed by atoms with Gasteiger partial charge in [-0.15, -0.1) is 0 Å². The summed E-state index contributed by atoms with van der Waals surface area (Å²) in [5, 5.41) is 0. The summed E-state index contributed by atoms with van der Waals surface area (Å²) in [5.74, 6) is 0.685. The standard InChI is InChI=1S/C15H19N3O4/c1-20-11-2-3-12-13(6-11)18(14(19)7-17-12)5-4-15-21-8-10(16)9-22-15/h2-3,6-7,10,15H,4-5,8-9,16H2,1H3. The van der Waals surface area contributed by atoms with Gasteiger partial charge < -0.3 is 24.5 Å². The lowest BCUT2D eigenvalue weighted by molar-refractivity contribution is -0.189. The second kappa shape index (κ2) is 6.43. The topological polar surface area (TPSA) is 88.6 Å². The van der Waals surface area contributed by atoms with Crippen LogP contribution in [0.15, 0.2) is 29.2 Å². The zero-order valence-electron chi connectivity index (χ0n) is 12.4. The number of rotatable bonds is 4. The Morgan fingerprint density at radius 1 is 1.41 bits per heavy atom. The molecule has 1 saturated heterocycles. The number of hydrogen-bond donors (Lipinski definition) is 1. The van der Waals surface area contributed by atoms with E-state index < -0.39 is 0 Å². The van der Waals surface area contributed by atoms with Crippen molar-refractivity contribution < 1.29 is 14.2 Å². The molecule has 0 atom stereocenters. The maximum atomic E-state index is 12.1. The van der Waals surface area contributed by atoms with Crippen molar-refractivity contribution in [2.45, 2.75) is 25.3 Å². The van der Waals surface area contributed by atoms with Gasteiger partial charge in [-0.25, -0.2) is 4.98 Å². The molecule has 3 rings (SSSR count). The van der Waals surface area contributed by atoms with Crippen molar-refractivity contribution in [3.63, 3.8) is 0 Å². The first-order valence-electron chi connectivity index (χ1n) is 7.20. The largest absolute Gasteiger partial charge is 0.497 e. The molecule has 7 nitrogen and oxygen atoms in total. The summed E-state index contributed by atoms with van der Waals surface area (Å²) >= 11 is 0. The van der Waals surface area contributed by atoms with Crippen molar-refractivity contribution in [1.29, 1.82) is 0 Å². The first-order valence-corrected chi connectivity index (χ1v) is 7.20. The van der Waals surface area contributed by atoms with E-state index >= 15 is 0 Å². The summed E-state index contributed by atoms with van der Waals surface area (Å²) in [5.41, 5.74) is 7.03. The summed E-state index contributed by atoms with van der Waals surface area (Å²) in [7, 11) is 1.59. The van der Waals surface area contributed by atoms with E-state index in [-0.39, 0.29) is 17.9 Å². The number of fused-ring (bicyclic) bond motifs is 1. The normalized spacial score (nSPS) is 21.9. The van der Waals surface area contributed by atoms with Crippen LogP contribution in [0.2, 0.25) is 0 Å². The average molecular weight is 305 g/mol. The van der Waals surface area contributed by atoms with Crippen LogP contribution in [0.1, 0.15) is 6.42 Å². The molecule has 0 radical (unpaired) electrons. The second-order valence-corrected chi connectivity index (χ2v) is 5.25. The summed E-state index contributed by atoms with van der Waals surface area (Å²) in [6, 6.07) is 5.38. The lowest BCUT2D eigenvalue weighted by Crippen LogP contribution is -2.41. The molecule has 2 heterocycles. The Morgan fingerprint density at radius 2 is 2.18 bits per heavy atom. The highest BCUT2D eigenvalue weighted by Crippen LogP contribution is 2.18. The summed E-state index contributed by atoms with van der Waals surface area (Å²) < 4.78 is 17.9. The summed E-state index contributed by atoms with van der Waals surface area (Å²) in [6.45, 7) is 1.43. The van der Waals surface area contributed by atoms with Crippen molar-refractivity contribution in [2.75, 3.05) is 20.3 Å². The molecular weight excluding hydrogens is 286 g/mol. The number of benzene rings is 1. The summed E-state index contributed by atoms with van der Waals surface area (Å²) in [4.78, 5) is 16.3. The van der Waals surface area contributed by atoms with Gasteiger partial charge in [0.15, 0.2) is 6.29 Å². The molecule has 1 aromatic heterocycles. The monoisotopic (exact) mass is 305 g/mol. The zero-order chi connectivity index (χ0) is 15.5. The molecular formula is C15H19N3O4. The Morgan fingerprint density at radius 3 is 2.91 bits per heavy atom. The molecule has 2 N–H and O–H groups in total. The Hall–Kier alpha value is -1.96. The third-order valence-electron chi connectivity index (χ3n) is 3.63. The predicted molar refractivity (Wildman–Crippen MR) is 80.8 cm³/mol. The minimum atomic E-state index is -0.333. The quantitative estimate of drug-likeness (QED) is 0.884. The molecule has 22 heavy (non-hydrogen) atoms. The molecule has 1 fully saturated rings. The number of methoxy groups -OCH3 is 1. The van der Waals surface area contributed by atoms with Gasteiger partial charge in [-0.2, -0.15) is 0 Å². The fourth-order valence-electron chi connectivity index (χ4n) is 2.46. The molecule has 0 unspecified atom stereocenters. The van der Waals surface area contributed by atoms with Gasteiger partial charge in [0.25, 0.3) is 5.56 Å². The van der Waals surface area contributed by atoms with Crippen LogP contribution in [-0.4, -0.2) is 42.2 Å². The fourth-order valence-corrected chi connectivity index (χ4v) is 2.46. The van der Waals surface area contributed by atoms with Gasteiger partial charge in [-0.3, -0.25) is 4.79 Å². The van der Waals surface area contributed by atoms with Crippen LogP contribution in [0.3, 0.4) is 0 Å². The second-order valence-electron chi connectivity index (χ2n) is 5.25. The predicted octanol–water partition coefficient (Wildman–Crippen LogP) is 0.495. The Bertz CT molecular complexity index is 707. The minimum Gasteiger partial charge on any atom is -0.497 e. The lowest BCUT2D eigenvalue weighted by Gasteiger charge is -2.27. The molecule has 1 aliphatic rings. The highest BCUT2D eigenvalue weighted by atomic mass is 16.7. The van der Waals surface area contributed by atoms with E-state index in [4.69, 9.17) is 19.9 Å². The van der Waals surface area contributed by atoms with E-state index in [1.54, 1.807) is 11.7 Å². The minimum absolute atomic E-state index is 0.0787. The van der Waals surface area contributed by atoms with Crippen LogP contribution in [0.5, 0.6) is 5.75 Å². The molecule has 1 aromatic carbocycles. The Kier molecular flexibility index (Phi) is 4.37. The van der Waals surface area contributed by atoms with E-state index in [2.05, 4.69) is 4.98 Å². The SMILES string of the molecule is COc1ccc2ncc(=O)n(CCC3OCC(N)CO3)c2c1. The van der Waals surface area contributed by atoms with Crippen LogP contribution < -0.4 is 16.0 Å². The fraction of sp³-hybridized carbons (Fsp3) is 0.467. The first-order chi connectivity index (χ1) is 10.7. The van der Waals surface area contributed by atoms with Crippen molar-refractivity contribution in [3.05, 3.63) is 34.7 Å². The molecule has 118 valence electrons. The van der Waals surface area contributed by atoms with Gasteiger partial charge in [-0.1, -0.05) is 0 Å². The first kappa shape index (κ1) is 15.0. The van der Waals surface area contributed by atoms with E-state index in [1.165, 1.54) is 6.20 Å². The van der Waals surface area contributed by atoms with E-state index in [0.717, 1.165) is 11.0 Å². The molecule has 0 aliphatic carbocycles. The number of ether oxygens (including phenoxy) is 3. The van der Waals surface area contributed by atoms with E-state index in [0.29, 0.717) is 31.9 Å². The number of nitrogens with zero attached hydrogens (tertiary/aromatic N) is 2. The molecule has 7 heteroatoms. The van der Waals surface area contributed by atoms with Crippen LogP contribution in [0.4, 0.5) is 0 Å². The van der Waals surface area contributed by atoms with Gasteiger partial charge in [0.2, 0.25) is 0 Å². The van der Waals surface area contributed by atoms with Gasteiger partial charge >= 0.3 is 0 Å². The Labute approximate surface area is 127 Å². The molecule has 0 bridgehead atoms. The lowest BCUT2D eigenvalue weighted by atomic mass is 10.2. The smallest absolute Gasteiger partial charge is 0.269 e. The third-order valence-corrected chi connectivity index (χ3v) is 3.63. The van der Waals surface area contributed by atoms with Crippen LogP contribution in [0.25, 0.3) is 11.0 Å². The van der Waals surface area contributed by atoms with Crippen LogP contribution >= 0.6 is 0 Å². The highest BCUT2D eigenvalue weighted by molar-refractivity contribution is 5.76. The summed E-state index contributed by atoms with van der Waals surface area (Å²) in [6.07, 6.45) is 1.57. The number of nitrogens with two attached hydrogens (primary N) is 1. The molecule has 0 saturated carbocycles. The van der Waals surface area contributed by atoms with Gasteiger partial charge in [0, 0.05) is 19.0 Å². The van der Waals surface area contributed by atoms with Crippen LogP contribution in [0, 0.1) is 0 Å². The van der Waals surface area contributed by atoms with Crippen molar-refractivity contribution in [1.82, 2.24) is 9.55 Å². The average Bonchev–Trinajstić information content (AvgIpc) is 2.55. The Balaban J connectivity index is 1.83. The van der Waals surface area contributed by atoms with Gasteiger partial charge in [-0.05, 0) is 12.1 Å². The van der Waals surface area contributed by atoms with Crippen molar-refractivity contribution in [3.8, 4) is 5.75 Å². The van der Waals surface area contributed by atoms with Crippen molar-refractivity contribution >= 4 is 11.0 Å².